The zero-order chi connectivity index (χ0) is 13.5. The van der Waals surface area contributed by atoms with Crippen molar-refractivity contribution < 1.29 is 9.59 Å². The van der Waals surface area contributed by atoms with Crippen LogP contribution in [0.2, 0.25) is 0 Å². The van der Waals surface area contributed by atoms with E-state index in [1.54, 1.807) is 0 Å². The van der Waals surface area contributed by atoms with Gasteiger partial charge in [-0.2, -0.15) is 0 Å². The van der Waals surface area contributed by atoms with Gasteiger partial charge in [0.25, 0.3) is 0 Å². The van der Waals surface area contributed by atoms with E-state index in [0.717, 1.165) is 32.2 Å². The highest BCUT2D eigenvalue weighted by Crippen LogP contribution is 2.36. The van der Waals surface area contributed by atoms with Gasteiger partial charge in [0.05, 0.1) is 0 Å². The normalized spacial score (nSPS) is 31.3. The Labute approximate surface area is 115 Å². The fourth-order valence-electron chi connectivity index (χ4n) is 4.08. The van der Waals surface area contributed by atoms with Gasteiger partial charge in [-0.05, 0) is 32.6 Å². The molecule has 4 heteroatoms. The lowest BCUT2D eigenvalue weighted by molar-refractivity contribution is -0.143. The van der Waals surface area contributed by atoms with Crippen molar-refractivity contribution in [1.29, 1.82) is 0 Å². The first-order valence-corrected chi connectivity index (χ1v) is 7.73. The van der Waals surface area contributed by atoms with Gasteiger partial charge in [-0.25, -0.2) is 0 Å². The number of amides is 2. The van der Waals surface area contributed by atoms with Crippen molar-refractivity contribution in [2.75, 3.05) is 13.1 Å². The second kappa shape index (κ2) is 4.80. The lowest BCUT2D eigenvalue weighted by Gasteiger charge is -2.44. The van der Waals surface area contributed by atoms with Gasteiger partial charge in [0.2, 0.25) is 11.8 Å². The Kier molecular flexibility index (Phi) is 3.27. The molecule has 2 amide bonds. The van der Waals surface area contributed by atoms with Crippen molar-refractivity contribution in [1.82, 2.24) is 9.80 Å². The van der Waals surface area contributed by atoms with Crippen molar-refractivity contribution in [2.45, 2.75) is 69.9 Å². The summed E-state index contributed by atoms with van der Waals surface area (Å²) in [6.07, 6.45) is 8.25. The summed E-state index contributed by atoms with van der Waals surface area (Å²) in [4.78, 5) is 28.8. The average Bonchev–Trinajstić information content (AvgIpc) is 2.84. The molecular weight excluding hydrogens is 240 g/mol. The number of carbonyl (C=O) groups excluding carboxylic acids is 2. The molecule has 1 saturated carbocycles. The standard InChI is InChI=1S/C15H24N2O2/c1-15(8-3-2-4-9-15)17-11-7-13(18)16-10-5-6-12(16)14(17)19/h12H,2-11H2,1H3. The molecule has 0 aromatic rings. The minimum Gasteiger partial charge on any atom is -0.335 e. The SMILES string of the molecule is CC1(N2CCC(=O)N3CCCC3C2=O)CCCCC1. The van der Waals surface area contributed by atoms with E-state index in [-0.39, 0.29) is 23.4 Å². The number of rotatable bonds is 1. The summed E-state index contributed by atoms with van der Waals surface area (Å²) in [7, 11) is 0. The number of fused-ring (bicyclic) bond motifs is 1. The van der Waals surface area contributed by atoms with Crippen LogP contribution in [0.1, 0.15) is 58.3 Å². The Morgan fingerprint density at radius 2 is 1.79 bits per heavy atom. The molecule has 106 valence electrons. The van der Waals surface area contributed by atoms with E-state index < -0.39 is 0 Å². The molecular formula is C15H24N2O2. The van der Waals surface area contributed by atoms with E-state index in [9.17, 15) is 9.59 Å². The Morgan fingerprint density at radius 3 is 2.53 bits per heavy atom. The van der Waals surface area contributed by atoms with Crippen LogP contribution in [0.5, 0.6) is 0 Å². The largest absolute Gasteiger partial charge is 0.335 e. The smallest absolute Gasteiger partial charge is 0.245 e. The molecule has 3 fully saturated rings. The van der Waals surface area contributed by atoms with Crippen molar-refractivity contribution >= 4 is 11.8 Å². The molecule has 0 bridgehead atoms. The molecule has 2 heterocycles. The molecule has 1 aliphatic carbocycles. The maximum absolute atomic E-state index is 12.8. The second-order valence-electron chi connectivity index (χ2n) is 6.54. The third kappa shape index (κ3) is 2.15. The van der Waals surface area contributed by atoms with Gasteiger partial charge in [0.15, 0.2) is 0 Å². The van der Waals surface area contributed by atoms with E-state index in [0.29, 0.717) is 13.0 Å². The third-order valence-corrected chi connectivity index (χ3v) is 5.26. The molecule has 3 rings (SSSR count). The maximum Gasteiger partial charge on any atom is 0.245 e. The minimum atomic E-state index is -0.159. The molecule has 0 N–H and O–H groups in total. The quantitative estimate of drug-likeness (QED) is 0.726. The molecule has 2 aliphatic heterocycles. The van der Waals surface area contributed by atoms with Gasteiger partial charge >= 0.3 is 0 Å². The lowest BCUT2D eigenvalue weighted by atomic mass is 9.81. The summed E-state index contributed by atoms with van der Waals surface area (Å²) in [5.74, 6) is 0.394. The fourth-order valence-corrected chi connectivity index (χ4v) is 4.08. The van der Waals surface area contributed by atoms with Crippen molar-refractivity contribution in [3.8, 4) is 0 Å². The van der Waals surface area contributed by atoms with Crippen molar-refractivity contribution in [2.24, 2.45) is 0 Å². The number of hydrogen-bond acceptors (Lipinski definition) is 2. The van der Waals surface area contributed by atoms with Gasteiger partial charge in [-0.3, -0.25) is 9.59 Å². The Hall–Kier alpha value is -1.06. The van der Waals surface area contributed by atoms with E-state index in [1.807, 2.05) is 4.90 Å². The molecule has 0 spiro atoms. The highest BCUT2D eigenvalue weighted by molar-refractivity contribution is 5.91. The molecule has 4 nitrogen and oxygen atoms in total. The molecule has 3 aliphatic rings. The monoisotopic (exact) mass is 264 g/mol. The van der Waals surface area contributed by atoms with Crippen LogP contribution >= 0.6 is 0 Å². The van der Waals surface area contributed by atoms with Crippen LogP contribution in [-0.2, 0) is 9.59 Å². The summed E-state index contributed by atoms with van der Waals surface area (Å²) in [6, 6.07) is -0.159. The summed E-state index contributed by atoms with van der Waals surface area (Å²) in [6.45, 7) is 3.63. The van der Waals surface area contributed by atoms with Gasteiger partial charge in [0, 0.05) is 25.0 Å². The van der Waals surface area contributed by atoms with Crippen molar-refractivity contribution in [3.63, 3.8) is 0 Å². The first-order valence-electron chi connectivity index (χ1n) is 7.73. The number of nitrogens with zero attached hydrogens (tertiary/aromatic N) is 2. The summed E-state index contributed by atoms with van der Waals surface area (Å²) in [5.41, 5.74) is -0.00574. The Balaban J connectivity index is 1.85. The molecule has 0 radical (unpaired) electrons. The summed E-state index contributed by atoms with van der Waals surface area (Å²) in [5, 5.41) is 0. The topological polar surface area (TPSA) is 40.6 Å². The first kappa shape index (κ1) is 12.9. The first-order chi connectivity index (χ1) is 9.12. The summed E-state index contributed by atoms with van der Waals surface area (Å²) < 4.78 is 0. The minimum absolute atomic E-state index is 0.00574. The molecule has 0 aromatic heterocycles. The predicted octanol–water partition coefficient (Wildman–Crippen LogP) is 1.93. The van der Waals surface area contributed by atoms with Gasteiger partial charge < -0.3 is 9.80 Å². The second-order valence-corrected chi connectivity index (χ2v) is 6.54. The van der Waals surface area contributed by atoms with Gasteiger partial charge in [0.1, 0.15) is 6.04 Å². The zero-order valence-corrected chi connectivity index (χ0v) is 11.9. The lowest BCUT2D eigenvalue weighted by Crippen LogP contribution is -2.54. The molecule has 1 atom stereocenters. The van der Waals surface area contributed by atoms with Crippen molar-refractivity contribution in [3.05, 3.63) is 0 Å². The molecule has 0 aromatic carbocycles. The van der Waals surface area contributed by atoms with Crippen LogP contribution < -0.4 is 0 Å². The third-order valence-electron chi connectivity index (χ3n) is 5.26. The van der Waals surface area contributed by atoms with Crippen LogP contribution in [-0.4, -0.2) is 46.3 Å². The van der Waals surface area contributed by atoms with Gasteiger partial charge in [-0.15, -0.1) is 0 Å². The van der Waals surface area contributed by atoms with Crippen LogP contribution in [0.15, 0.2) is 0 Å². The Bertz CT molecular complexity index is 388. The van der Waals surface area contributed by atoms with E-state index in [2.05, 4.69) is 11.8 Å². The van der Waals surface area contributed by atoms with Crippen LogP contribution in [0.25, 0.3) is 0 Å². The predicted molar refractivity (Wildman–Crippen MR) is 72.6 cm³/mol. The average molecular weight is 264 g/mol. The number of hydrogen-bond donors (Lipinski definition) is 0. The molecule has 2 saturated heterocycles. The Morgan fingerprint density at radius 1 is 1.05 bits per heavy atom. The highest BCUT2D eigenvalue weighted by Gasteiger charge is 2.45. The number of carbonyl (C=O) groups is 2. The van der Waals surface area contributed by atoms with Gasteiger partial charge in [-0.1, -0.05) is 19.3 Å². The van der Waals surface area contributed by atoms with E-state index >= 15 is 0 Å². The fraction of sp³-hybridized carbons (Fsp3) is 0.867. The van der Waals surface area contributed by atoms with Crippen LogP contribution in [0.4, 0.5) is 0 Å². The maximum atomic E-state index is 12.8. The molecule has 1 unspecified atom stereocenters. The molecule has 19 heavy (non-hydrogen) atoms. The summed E-state index contributed by atoms with van der Waals surface area (Å²) >= 11 is 0. The van der Waals surface area contributed by atoms with E-state index in [1.165, 1.54) is 19.3 Å². The van der Waals surface area contributed by atoms with Crippen LogP contribution in [0.3, 0.4) is 0 Å². The van der Waals surface area contributed by atoms with E-state index in [4.69, 9.17) is 0 Å². The van der Waals surface area contributed by atoms with Crippen LogP contribution in [0, 0.1) is 0 Å². The zero-order valence-electron chi connectivity index (χ0n) is 11.9. The highest BCUT2D eigenvalue weighted by atomic mass is 16.2.